The molecule has 0 unspecified atom stereocenters. The first kappa shape index (κ1) is 28.2. The van der Waals surface area contributed by atoms with Crippen molar-refractivity contribution >= 4 is 68.1 Å². The van der Waals surface area contributed by atoms with Crippen LogP contribution in [0, 0.1) is 5.82 Å². The van der Waals surface area contributed by atoms with Crippen LogP contribution in [0.3, 0.4) is 0 Å². The van der Waals surface area contributed by atoms with Crippen molar-refractivity contribution in [2.45, 2.75) is 6.61 Å². The second kappa shape index (κ2) is 12.4. The summed E-state index contributed by atoms with van der Waals surface area (Å²) in [5.41, 5.74) is 2.04. The summed E-state index contributed by atoms with van der Waals surface area (Å²) in [6.07, 6.45) is 1.55. The Morgan fingerprint density at radius 3 is 2.42 bits per heavy atom. The normalized spacial score (nSPS) is 16.7. The minimum absolute atomic E-state index is 0.0153. The maximum absolute atomic E-state index is 13.9. The third-order valence-electron chi connectivity index (χ3n) is 6.57. The smallest absolute Gasteiger partial charge is 0.294 e. The fourth-order valence-electron chi connectivity index (χ4n) is 4.44. The first-order valence-electron chi connectivity index (χ1n) is 12.5. The van der Waals surface area contributed by atoms with Crippen molar-refractivity contribution in [2.75, 3.05) is 37.6 Å². The van der Waals surface area contributed by atoms with E-state index in [1.807, 2.05) is 30.3 Å². The molecule has 5 rings (SSSR count). The van der Waals surface area contributed by atoms with Gasteiger partial charge in [-0.3, -0.25) is 19.3 Å². The largest absolute Gasteiger partial charge is 0.486 e. The Balaban J connectivity index is 1.21. The number of carbonyl (C=O) groups excluding carboxylic acids is 3. The number of hydrogen-bond donors (Lipinski definition) is 0. The lowest BCUT2D eigenvalue weighted by atomic mass is 10.2. The minimum Gasteiger partial charge on any atom is -0.486 e. The number of piperazine rings is 1. The molecule has 2 aliphatic rings. The number of benzene rings is 3. The highest BCUT2D eigenvalue weighted by Gasteiger charge is 2.37. The van der Waals surface area contributed by atoms with Gasteiger partial charge >= 0.3 is 0 Å². The summed E-state index contributed by atoms with van der Waals surface area (Å²) in [7, 11) is 0. The summed E-state index contributed by atoms with van der Waals surface area (Å²) in [6.45, 7) is 2.05. The number of para-hydroxylation sites is 1. The molecule has 2 saturated heterocycles. The first-order valence-corrected chi connectivity index (χ1v) is 14.5. The molecular weight excluding hydrogens is 621 g/mol. The van der Waals surface area contributed by atoms with Gasteiger partial charge in [0.2, 0.25) is 5.91 Å². The molecule has 3 aromatic rings. The van der Waals surface area contributed by atoms with Crippen molar-refractivity contribution in [1.82, 2.24) is 9.80 Å². The van der Waals surface area contributed by atoms with Crippen LogP contribution in [0.5, 0.6) is 5.75 Å². The number of hydrogen-bond acceptors (Lipinski definition) is 6. The van der Waals surface area contributed by atoms with E-state index in [9.17, 15) is 18.8 Å². The zero-order valence-electron chi connectivity index (χ0n) is 21.2. The fourth-order valence-corrected chi connectivity index (χ4v) is 6.27. The summed E-state index contributed by atoms with van der Waals surface area (Å²) in [4.78, 5) is 43.7. The van der Waals surface area contributed by atoms with Crippen LogP contribution in [0.15, 0.2) is 76.1 Å². The standard InChI is InChI=1S/C29H24BrClFN3O4S/c30-22-14-19(15-23(31)27(22)39-18-20-6-4-5-9-24(20)32)16-25-28(37)35(29(38)40-25)17-26(36)34-12-10-33(11-13-34)21-7-2-1-3-8-21/h1-9,14-16H,10-13,17-18H2/b25-16+. The summed E-state index contributed by atoms with van der Waals surface area (Å²) >= 11 is 10.6. The molecule has 0 bridgehead atoms. The van der Waals surface area contributed by atoms with Crippen LogP contribution in [0.25, 0.3) is 6.08 Å². The van der Waals surface area contributed by atoms with Crippen molar-refractivity contribution in [3.63, 3.8) is 0 Å². The van der Waals surface area contributed by atoms with Crippen LogP contribution >= 0.6 is 39.3 Å². The predicted octanol–water partition coefficient (Wildman–Crippen LogP) is 6.21. The molecule has 0 aliphatic carbocycles. The molecule has 2 heterocycles. The molecule has 2 aliphatic heterocycles. The molecule has 40 heavy (non-hydrogen) atoms. The molecule has 0 saturated carbocycles. The minimum atomic E-state index is -0.529. The van der Waals surface area contributed by atoms with Crippen molar-refractivity contribution in [1.29, 1.82) is 0 Å². The van der Waals surface area contributed by atoms with Crippen LogP contribution in [-0.4, -0.2) is 59.6 Å². The zero-order chi connectivity index (χ0) is 28.2. The SMILES string of the molecule is O=C(CN1C(=O)S/C(=C/c2cc(Cl)c(OCc3ccccc3F)c(Br)c2)C1=O)N1CCN(c2ccccc2)CC1. The van der Waals surface area contributed by atoms with Crippen LogP contribution < -0.4 is 9.64 Å². The van der Waals surface area contributed by atoms with Gasteiger partial charge in [-0.05, 0) is 69.7 Å². The van der Waals surface area contributed by atoms with Gasteiger partial charge in [-0.25, -0.2) is 4.39 Å². The maximum atomic E-state index is 13.9. The highest BCUT2D eigenvalue weighted by molar-refractivity contribution is 9.10. The maximum Gasteiger partial charge on any atom is 0.294 e. The quantitative estimate of drug-likeness (QED) is 0.285. The molecule has 0 radical (unpaired) electrons. The van der Waals surface area contributed by atoms with Gasteiger partial charge in [0.05, 0.1) is 14.4 Å². The number of amides is 3. The topological polar surface area (TPSA) is 70.2 Å². The summed E-state index contributed by atoms with van der Waals surface area (Å²) in [6, 6.07) is 19.5. The Labute approximate surface area is 248 Å². The van der Waals surface area contributed by atoms with Gasteiger partial charge in [0.1, 0.15) is 19.0 Å². The second-order valence-corrected chi connectivity index (χ2v) is 11.4. The third kappa shape index (κ3) is 6.35. The molecule has 2 fully saturated rings. The number of halogens is 3. The van der Waals surface area contributed by atoms with E-state index in [1.165, 1.54) is 6.07 Å². The van der Waals surface area contributed by atoms with Gasteiger partial charge in [0.15, 0.2) is 5.75 Å². The number of carbonyl (C=O) groups is 3. The fraction of sp³-hybridized carbons (Fsp3) is 0.207. The van der Waals surface area contributed by atoms with E-state index in [4.69, 9.17) is 16.3 Å². The number of ether oxygens (including phenoxy) is 1. The summed E-state index contributed by atoms with van der Waals surface area (Å²) in [5.74, 6) is -0.847. The second-order valence-electron chi connectivity index (χ2n) is 9.16. The van der Waals surface area contributed by atoms with E-state index < -0.39 is 11.1 Å². The van der Waals surface area contributed by atoms with Crippen LogP contribution in [-0.2, 0) is 16.2 Å². The number of rotatable bonds is 7. The number of thioether (sulfide) groups is 1. The lowest BCUT2D eigenvalue weighted by Gasteiger charge is -2.36. The van der Waals surface area contributed by atoms with E-state index in [-0.39, 0.29) is 34.8 Å². The first-order chi connectivity index (χ1) is 19.3. The number of nitrogens with zero attached hydrogens (tertiary/aromatic N) is 3. The lowest BCUT2D eigenvalue weighted by molar-refractivity contribution is -0.136. The molecule has 0 atom stereocenters. The van der Waals surface area contributed by atoms with Crippen LogP contribution in [0.2, 0.25) is 5.02 Å². The van der Waals surface area contributed by atoms with E-state index in [0.717, 1.165) is 22.3 Å². The zero-order valence-corrected chi connectivity index (χ0v) is 24.3. The molecule has 206 valence electrons. The third-order valence-corrected chi connectivity index (χ3v) is 8.35. The highest BCUT2D eigenvalue weighted by Crippen LogP contribution is 2.38. The van der Waals surface area contributed by atoms with E-state index in [1.54, 1.807) is 41.3 Å². The molecular formula is C29H24BrClFN3O4S. The summed E-state index contributed by atoms with van der Waals surface area (Å²) in [5, 5.41) is -0.247. The molecule has 3 amide bonds. The molecule has 0 N–H and O–H groups in total. The Bertz CT molecular complexity index is 1460. The Morgan fingerprint density at radius 2 is 1.73 bits per heavy atom. The van der Waals surface area contributed by atoms with Gasteiger partial charge in [-0.1, -0.05) is 48.0 Å². The van der Waals surface area contributed by atoms with Crippen molar-refractivity contribution in [3.8, 4) is 5.75 Å². The van der Waals surface area contributed by atoms with E-state index in [0.29, 0.717) is 47.5 Å². The Morgan fingerprint density at radius 1 is 1.02 bits per heavy atom. The van der Waals surface area contributed by atoms with Crippen LogP contribution in [0.1, 0.15) is 11.1 Å². The average molecular weight is 645 g/mol. The van der Waals surface area contributed by atoms with Crippen LogP contribution in [0.4, 0.5) is 14.9 Å². The number of anilines is 1. The Kier molecular flexibility index (Phi) is 8.78. The lowest BCUT2D eigenvalue weighted by Crippen LogP contribution is -2.51. The van der Waals surface area contributed by atoms with E-state index >= 15 is 0 Å². The average Bonchev–Trinajstić information content (AvgIpc) is 3.21. The molecule has 0 spiro atoms. The van der Waals surface area contributed by atoms with Crippen molar-refractivity contribution in [2.24, 2.45) is 0 Å². The van der Waals surface area contributed by atoms with Gasteiger partial charge < -0.3 is 14.5 Å². The molecule has 3 aromatic carbocycles. The number of imide groups is 1. The Hall–Kier alpha value is -3.34. The van der Waals surface area contributed by atoms with Gasteiger partial charge in [-0.15, -0.1) is 0 Å². The van der Waals surface area contributed by atoms with Crippen molar-refractivity contribution in [3.05, 3.63) is 98.1 Å². The summed E-state index contributed by atoms with van der Waals surface area (Å²) < 4.78 is 20.2. The van der Waals surface area contributed by atoms with Gasteiger partial charge in [-0.2, -0.15) is 0 Å². The molecule has 11 heteroatoms. The van der Waals surface area contributed by atoms with Gasteiger partial charge in [0.25, 0.3) is 11.1 Å². The van der Waals surface area contributed by atoms with Gasteiger partial charge in [0, 0.05) is 37.4 Å². The predicted molar refractivity (Wildman–Crippen MR) is 158 cm³/mol. The van der Waals surface area contributed by atoms with Crippen molar-refractivity contribution < 1.29 is 23.5 Å². The highest BCUT2D eigenvalue weighted by atomic mass is 79.9. The molecule has 7 nitrogen and oxygen atoms in total. The monoisotopic (exact) mass is 643 g/mol. The molecule has 0 aromatic heterocycles. The van der Waals surface area contributed by atoms with E-state index in [2.05, 4.69) is 20.8 Å².